The number of nitrogens with one attached hydrogen (secondary N) is 2. The van der Waals surface area contributed by atoms with Gasteiger partial charge in [-0.15, -0.1) is 0 Å². The van der Waals surface area contributed by atoms with Crippen molar-refractivity contribution in [1.82, 2.24) is 15.5 Å². The van der Waals surface area contributed by atoms with Crippen molar-refractivity contribution in [2.24, 2.45) is 4.99 Å². The van der Waals surface area contributed by atoms with E-state index in [1.165, 1.54) is 25.7 Å². The maximum atomic E-state index is 11.7. The van der Waals surface area contributed by atoms with Crippen LogP contribution in [-0.2, 0) is 4.74 Å². The number of hydrogen-bond donors (Lipinski definition) is 2. The number of carbonyl (C=O) groups is 1. The number of unbranched alkanes of at least 4 members (excludes halogenated alkanes) is 3. The van der Waals surface area contributed by atoms with E-state index in [1.807, 2.05) is 6.92 Å². The minimum atomic E-state index is -0.195. The highest BCUT2D eigenvalue weighted by molar-refractivity contribution is 5.80. The van der Waals surface area contributed by atoms with E-state index in [0.29, 0.717) is 12.6 Å². The summed E-state index contributed by atoms with van der Waals surface area (Å²) >= 11 is 0. The molecule has 0 saturated carbocycles. The molecular weight excluding hydrogens is 280 g/mol. The van der Waals surface area contributed by atoms with Crippen LogP contribution in [0.3, 0.4) is 0 Å². The molecule has 6 nitrogen and oxygen atoms in total. The number of hydrogen-bond acceptors (Lipinski definition) is 3. The monoisotopic (exact) mass is 312 g/mol. The smallest absolute Gasteiger partial charge is 0.409 e. The van der Waals surface area contributed by atoms with Crippen LogP contribution >= 0.6 is 0 Å². The highest BCUT2D eigenvalue weighted by Gasteiger charge is 2.23. The van der Waals surface area contributed by atoms with Crippen molar-refractivity contribution in [3.63, 3.8) is 0 Å². The number of rotatable bonds is 7. The SMILES string of the molecule is CCCCCCNC(=NC)NC1CCN(C(=O)OCC)CC1. The first-order chi connectivity index (χ1) is 10.7. The Morgan fingerprint density at radius 2 is 1.95 bits per heavy atom. The average molecular weight is 312 g/mol. The lowest BCUT2D eigenvalue weighted by Gasteiger charge is -2.32. The molecule has 0 aromatic rings. The molecule has 0 atom stereocenters. The van der Waals surface area contributed by atoms with Gasteiger partial charge in [-0.3, -0.25) is 4.99 Å². The fourth-order valence-electron chi connectivity index (χ4n) is 2.57. The summed E-state index contributed by atoms with van der Waals surface area (Å²) in [5, 5.41) is 6.81. The lowest BCUT2D eigenvalue weighted by molar-refractivity contribution is 0.0963. The minimum Gasteiger partial charge on any atom is -0.450 e. The molecule has 2 N–H and O–H groups in total. The van der Waals surface area contributed by atoms with Crippen LogP contribution in [0.25, 0.3) is 0 Å². The minimum absolute atomic E-state index is 0.195. The van der Waals surface area contributed by atoms with Gasteiger partial charge in [-0.05, 0) is 26.2 Å². The molecule has 1 saturated heterocycles. The lowest BCUT2D eigenvalue weighted by Crippen LogP contribution is -2.50. The van der Waals surface area contributed by atoms with Gasteiger partial charge in [0.25, 0.3) is 0 Å². The maximum Gasteiger partial charge on any atom is 0.409 e. The number of nitrogens with zero attached hydrogens (tertiary/aromatic N) is 2. The second-order valence-electron chi connectivity index (χ2n) is 5.66. The van der Waals surface area contributed by atoms with E-state index in [1.54, 1.807) is 11.9 Å². The van der Waals surface area contributed by atoms with Gasteiger partial charge < -0.3 is 20.3 Å². The maximum absolute atomic E-state index is 11.7. The van der Waals surface area contributed by atoms with E-state index in [0.717, 1.165) is 38.4 Å². The molecule has 1 rings (SSSR count). The van der Waals surface area contributed by atoms with Crippen LogP contribution in [0.2, 0.25) is 0 Å². The number of aliphatic imine (C=N–C) groups is 1. The van der Waals surface area contributed by atoms with Gasteiger partial charge in [0.2, 0.25) is 0 Å². The molecule has 0 unspecified atom stereocenters. The van der Waals surface area contributed by atoms with Crippen molar-refractivity contribution in [2.45, 2.75) is 58.4 Å². The van der Waals surface area contributed by atoms with Crippen molar-refractivity contribution in [1.29, 1.82) is 0 Å². The van der Waals surface area contributed by atoms with Crippen LogP contribution in [-0.4, -0.2) is 56.3 Å². The Bertz CT molecular complexity index is 339. The first-order valence-corrected chi connectivity index (χ1v) is 8.60. The molecule has 0 aromatic carbocycles. The molecule has 1 amide bonds. The second-order valence-corrected chi connectivity index (χ2v) is 5.66. The third kappa shape index (κ3) is 7.00. The van der Waals surface area contributed by atoms with Gasteiger partial charge in [0, 0.05) is 32.7 Å². The van der Waals surface area contributed by atoms with Crippen molar-refractivity contribution >= 4 is 12.1 Å². The Morgan fingerprint density at radius 1 is 1.23 bits per heavy atom. The van der Waals surface area contributed by atoms with E-state index in [-0.39, 0.29) is 6.09 Å². The topological polar surface area (TPSA) is 66.0 Å². The summed E-state index contributed by atoms with van der Waals surface area (Å²) in [6, 6.07) is 0.368. The van der Waals surface area contributed by atoms with Crippen LogP contribution in [0.5, 0.6) is 0 Å². The van der Waals surface area contributed by atoms with Crippen LogP contribution in [0, 0.1) is 0 Å². The molecule has 0 aliphatic carbocycles. The van der Waals surface area contributed by atoms with Gasteiger partial charge in [-0.2, -0.15) is 0 Å². The molecule has 6 heteroatoms. The van der Waals surface area contributed by atoms with Crippen molar-refractivity contribution in [3.05, 3.63) is 0 Å². The Kier molecular flexibility index (Phi) is 9.42. The molecular formula is C16H32N4O2. The summed E-state index contributed by atoms with van der Waals surface area (Å²) < 4.78 is 5.03. The van der Waals surface area contributed by atoms with Crippen molar-refractivity contribution in [2.75, 3.05) is 33.3 Å². The highest BCUT2D eigenvalue weighted by atomic mass is 16.6. The van der Waals surface area contributed by atoms with Crippen LogP contribution in [0.4, 0.5) is 4.79 Å². The van der Waals surface area contributed by atoms with E-state index >= 15 is 0 Å². The molecule has 1 fully saturated rings. The summed E-state index contributed by atoms with van der Waals surface area (Å²) in [7, 11) is 1.80. The van der Waals surface area contributed by atoms with Gasteiger partial charge >= 0.3 is 6.09 Å². The van der Waals surface area contributed by atoms with Crippen LogP contribution in [0.1, 0.15) is 52.4 Å². The average Bonchev–Trinajstić information content (AvgIpc) is 2.54. The van der Waals surface area contributed by atoms with Gasteiger partial charge in [-0.1, -0.05) is 26.2 Å². The standard InChI is InChI=1S/C16H32N4O2/c1-4-6-7-8-11-18-15(17-3)19-14-9-12-20(13-10-14)16(21)22-5-2/h14H,4-13H2,1-3H3,(H2,17,18,19). The number of ether oxygens (including phenoxy) is 1. The van der Waals surface area contributed by atoms with Gasteiger partial charge in [0.05, 0.1) is 6.61 Å². The Balaban J connectivity index is 2.22. The molecule has 22 heavy (non-hydrogen) atoms. The lowest BCUT2D eigenvalue weighted by atomic mass is 10.1. The zero-order valence-electron chi connectivity index (χ0n) is 14.4. The molecule has 128 valence electrons. The van der Waals surface area contributed by atoms with Crippen molar-refractivity contribution < 1.29 is 9.53 Å². The van der Waals surface area contributed by atoms with Crippen molar-refractivity contribution in [3.8, 4) is 0 Å². The molecule has 0 radical (unpaired) electrons. The summed E-state index contributed by atoms with van der Waals surface area (Å²) in [6.45, 7) is 6.93. The highest BCUT2D eigenvalue weighted by Crippen LogP contribution is 2.11. The third-order valence-electron chi connectivity index (χ3n) is 3.91. The summed E-state index contributed by atoms with van der Waals surface area (Å²) in [5.74, 6) is 0.867. The van der Waals surface area contributed by atoms with E-state index < -0.39 is 0 Å². The second kappa shape index (κ2) is 11.2. The Morgan fingerprint density at radius 3 is 2.55 bits per heavy atom. The van der Waals surface area contributed by atoms with E-state index in [4.69, 9.17) is 4.74 Å². The summed E-state index contributed by atoms with van der Waals surface area (Å²) in [5.41, 5.74) is 0. The number of carbonyl (C=O) groups excluding carboxylic acids is 1. The van der Waals surface area contributed by atoms with Crippen LogP contribution in [0.15, 0.2) is 4.99 Å². The summed E-state index contributed by atoms with van der Waals surface area (Å²) in [4.78, 5) is 17.7. The molecule has 1 aliphatic rings. The van der Waals surface area contributed by atoms with Crippen LogP contribution < -0.4 is 10.6 Å². The normalized spacial score (nSPS) is 16.5. The number of likely N-dealkylation sites (tertiary alicyclic amines) is 1. The van der Waals surface area contributed by atoms with Gasteiger partial charge in [-0.25, -0.2) is 4.79 Å². The molecule has 1 heterocycles. The number of amides is 1. The number of guanidine groups is 1. The largest absolute Gasteiger partial charge is 0.450 e. The fourth-order valence-corrected chi connectivity index (χ4v) is 2.57. The van der Waals surface area contributed by atoms with E-state index in [2.05, 4.69) is 22.5 Å². The quantitative estimate of drug-likeness (QED) is 0.430. The Hall–Kier alpha value is -1.46. The predicted molar refractivity (Wildman–Crippen MR) is 90.3 cm³/mol. The summed E-state index contributed by atoms with van der Waals surface area (Å²) in [6.07, 6.45) is 6.64. The van der Waals surface area contributed by atoms with Gasteiger partial charge in [0.15, 0.2) is 5.96 Å². The molecule has 1 aliphatic heterocycles. The molecule has 0 bridgehead atoms. The molecule has 0 spiro atoms. The Labute approximate surface area is 134 Å². The molecule has 0 aromatic heterocycles. The number of piperidine rings is 1. The zero-order chi connectivity index (χ0) is 16.2. The first kappa shape index (κ1) is 18.6. The zero-order valence-corrected chi connectivity index (χ0v) is 14.4. The third-order valence-corrected chi connectivity index (χ3v) is 3.91. The predicted octanol–water partition coefficient (Wildman–Crippen LogP) is 2.35. The van der Waals surface area contributed by atoms with E-state index in [9.17, 15) is 4.79 Å². The first-order valence-electron chi connectivity index (χ1n) is 8.60. The fraction of sp³-hybridized carbons (Fsp3) is 0.875. The van der Waals surface area contributed by atoms with Gasteiger partial charge in [0.1, 0.15) is 0 Å².